The summed E-state index contributed by atoms with van der Waals surface area (Å²) >= 11 is 3.59. The zero-order valence-corrected chi connectivity index (χ0v) is 10.5. The van der Waals surface area contributed by atoms with Crippen LogP contribution in [0.5, 0.6) is 11.5 Å². The Balaban J connectivity index is 2.07. The fourth-order valence-corrected chi connectivity index (χ4v) is 3.13. The second kappa shape index (κ2) is 3.64. The minimum atomic E-state index is -0.172. The van der Waals surface area contributed by atoms with E-state index in [9.17, 15) is 0 Å². The van der Waals surface area contributed by atoms with E-state index in [-0.39, 0.29) is 5.54 Å². The second-order valence-corrected chi connectivity index (χ2v) is 5.25. The molecule has 1 aromatic rings. The molecule has 1 aliphatic heterocycles. The van der Waals surface area contributed by atoms with Gasteiger partial charge in [-0.1, -0.05) is 6.07 Å². The topological polar surface area (TPSA) is 44.5 Å². The zero-order valence-electron chi connectivity index (χ0n) is 8.96. The summed E-state index contributed by atoms with van der Waals surface area (Å²) < 4.78 is 12.1. The van der Waals surface area contributed by atoms with Crippen LogP contribution in [0.1, 0.15) is 24.8 Å². The Morgan fingerprint density at radius 3 is 2.62 bits per heavy atom. The van der Waals surface area contributed by atoms with Gasteiger partial charge in [-0.3, -0.25) is 0 Å². The third-order valence-corrected chi connectivity index (χ3v) is 4.22. The Morgan fingerprint density at radius 1 is 1.19 bits per heavy atom. The Hall–Kier alpha value is -0.740. The fourth-order valence-electron chi connectivity index (χ4n) is 2.29. The van der Waals surface area contributed by atoms with Gasteiger partial charge in [-0.25, -0.2) is 0 Å². The smallest absolute Gasteiger partial charge is 0.175 e. The van der Waals surface area contributed by atoms with E-state index in [1.165, 1.54) is 6.42 Å². The highest BCUT2D eigenvalue weighted by Crippen LogP contribution is 2.47. The summed E-state index contributed by atoms with van der Waals surface area (Å²) in [6, 6.07) is 4.01. The van der Waals surface area contributed by atoms with Crippen molar-refractivity contribution in [2.45, 2.75) is 24.8 Å². The molecule has 0 spiro atoms. The molecule has 0 bridgehead atoms. The molecule has 2 N–H and O–H groups in total. The minimum absolute atomic E-state index is 0.172. The average Bonchev–Trinajstić information content (AvgIpc) is 2.27. The number of ether oxygens (including phenoxy) is 2. The van der Waals surface area contributed by atoms with E-state index in [1.807, 2.05) is 6.07 Å². The summed E-state index contributed by atoms with van der Waals surface area (Å²) in [5.74, 6) is 1.62. The molecule has 1 aliphatic carbocycles. The molecule has 0 amide bonds. The molecule has 0 saturated heterocycles. The first-order valence-electron chi connectivity index (χ1n) is 5.58. The zero-order chi connectivity index (χ0) is 11.2. The van der Waals surface area contributed by atoms with E-state index in [0.29, 0.717) is 13.2 Å². The molecule has 2 aliphatic rings. The Labute approximate surface area is 103 Å². The maximum atomic E-state index is 6.33. The lowest BCUT2D eigenvalue weighted by Gasteiger charge is -2.39. The molecule has 0 radical (unpaired) electrons. The molecule has 1 fully saturated rings. The van der Waals surface area contributed by atoms with Gasteiger partial charge in [0.25, 0.3) is 0 Å². The van der Waals surface area contributed by atoms with E-state index < -0.39 is 0 Å². The largest absolute Gasteiger partial charge is 0.486 e. The Kier molecular flexibility index (Phi) is 2.37. The van der Waals surface area contributed by atoms with Crippen molar-refractivity contribution in [3.05, 3.63) is 22.2 Å². The van der Waals surface area contributed by atoms with Crippen molar-refractivity contribution in [2.24, 2.45) is 5.73 Å². The van der Waals surface area contributed by atoms with Crippen LogP contribution in [0.3, 0.4) is 0 Å². The van der Waals surface area contributed by atoms with Gasteiger partial charge in [0.15, 0.2) is 11.5 Å². The molecule has 1 saturated carbocycles. The van der Waals surface area contributed by atoms with Crippen LogP contribution in [-0.2, 0) is 5.54 Å². The van der Waals surface area contributed by atoms with Crippen molar-refractivity contribution in [3.8, 4) is 11.5 Å². The second-order valence-electron chi connectivity index (χ2n) is 4.46. The van der Waals surface area contributed by atoms with Gasteiger partial charge < -0.3 is 15.2 Å². The van der Waals surface area contributed by atoms with Crippen LogP contribution in [0.2, 0.25) is 0 Å². The van der Waals surface area contributed by atoms with Crippen LogP contribution in [0, 0.1) is 0 Å². The Bertz CT molecular complexity index is 429. The summed E-state index contributed by atoms with van der Waals surface area (Å²) in [7, 11) is 0. The van der Waals surface area contributed by atoms with Gasteiger partial charge in [-0.2, -0.15) is 0 Å². The summed E-state index contributed by atoms with van der Waals surface area (Å²) in [6.07, 6.45) is 3.30. The highest BCUT2D eigenvalue weighted by Gasteiger charge is 2.37. The van der Waals surface area contributed by atoms with Crippen LogP contribution >= 0.6 is 15.9 Å². The van der Waals surface area contributed by atoms with Crippen LogP contribution in [-0.4, -0.2) is 13.2 Å². The molecule has 3 rings (SSSR count). The molecule has 4 heteroatoms. The summed E-state index contributed by atoms with van der Waals surface area (Å²) in [5, 5.41) is 0. The van der Waals surface area contributed by atoms with Crippen LogP contribution < -0.4 is 15.2 Å². The first-order valence-corrected chi connectivity index (χ1v) is 6.37. The third kappa shape index (κ3) is 1.44. The summed E-state index contributed by atoms with van der Waals surface area (Å²) in [5.41, 5.74) is 7.30. The van der Waals surface area contributed by atoms with Crippen molar-refractivity contribution >= 4 is 15.9 Å². The molecule has 1 aromatic carbocycles. The van der Waals surface area contributed by atoms with Gasteiger partial charge in [-0.15, -0.1) is 0 Å². The number of benzene rings is 1. The van der Waals surface area contributed by atoms with E-state index >= 15 is 0 Å². The molecule has 3 nitrogen and oxygen atoms in total. The number of hydrogen-bond acceptors (Lipinski definition) is 3. The molecule has 1 heterocycles. The van der Waals surface area contributed by atoms with E-state index in [0.717, 1.165) is 34.4 Å². The fraction of sp³-hybridized carbons (Fsp3) is 0.500. The van der Waals surface area contributed by atoms with Gasteiger partial charge in [0.2, 0.25) is 0 Å². The highest BCUT2D eigenvalue weighted by molar-refractivity contribution is 9.10. The maximum Gasteiger partial charge on any atom is 0.175 e. The summed E-state index contributed by atoms with van der Waals surface area (Å²) in [6.45, 7) is 1.22. The van der Waals surface area contributed by atoms with Crippen molar-refractivity contribution in [2.75, 3.05) is 13.2 Å². The maximum absolute atomic E-state index is 6.33. The lowest BCUT2D eigenvalue weighted by atomic mass is 9.73. The van der Waals surface area contributed by atoms with E-state index in [1.54, 1.807) is 0 Å². The Morgan fingerprint density at radius 2 is 1.94 bits per heavy atom. The molecule has 16 heavy (non-hydrogen) atoms. The van der Waals surface area contributed by atoms with E-state index in [4.69, 9.17) is 15.2 Å². The van der Waals surface area contributed by atoms with Crippen molar-refractivity contribution in [3.63, 3.8) is 0 Å². The third-order valence-electron chi connectivity index (χ3n) is 3.43. The number of rotatable bonds is 1. The normalized spacial score (nSPS) is 21.4. The predicted molar refractivity (Wildman–Crippen MR) is 64.8 cm³/mol. The van der Waals surface area contributed by atoms with Crippen LogP contribution in [0.4, 0.5) is 0 Å². The summed E-state index contributed by atoms with van der Waals surface area (Å²) in [4.78, 5) is 0. The molecule has 86 valence electrons. The molecular formula is C12H14BrNO2. The van der Waals surface area contributed by atoms with Gasteiger partial charge in [0.05, 0.1) is 4.47 Å². The van der Waals surface area contributed by atoms with Gasteiger partial charge in [-0.05, 0) is 46.8 Å². The first-order chi connectivity index (χ1) is 7.71. The molecule has 0 atom stereocenters. The average molecular weight is 284 g/mol. The molecular weight excluding hydrogens is 270 g/mol. The van der Waals surface area contributed by atoms with E-state index in [2.05, 4.69) is 22.0 Å². The number of hydrogen-bond donors (Lipinski definition) is 1. The van der Waals surface area contributed by atoms with Gasteiger partial charge >= 0.3 is 0 Å². The van der Waals surface area contributed by atoms with Crippen molar-refractivity contribution in [1.82, 2.24) is 0 Å². The highest BCUT2D eigenvalue weighted by atomic mass is 79.9. The van der Waals surface area contributed by atoms with Crippen LogP contribution in [0.15, 0.2) is 16.6 Å². The lowest BCUT2D eigenvalue weighted by Crippen LogP contribution is -2.43. The van der Waals surface area contributed by atoms with Gasteiger partial charge in [0, 0.05) is 5.54 Å². The SMILES string of the molecule is NC1(c2ccc3c(c2Br)OCCO3)CCC1. The van der Waals surface area contributed by atoms with Crippen molar-refractivity contribution in [1.29, 1.82) is 0 Å². The molecule has 0 unspecified atom stereocenters. The van der Waals surface area contributed by atoms with Crippen molar-refractivity contribution < 1.29 is 9.47 Å². The predicted octanol–water partition coefficient (Wildman–Crippen LogP) is 2.56. The number of halogens is 1. The number of fused-ring (bicyclic) bond motifs is 1. The minimum Gasteiger partial charge on any atom is -0.486 e. The van der Waals surface area contributed by atoms with Crippen LogP contribution in [0.25, 0.3) is 0 Å². The standard InChI is InChI=1S/C12H14BrNO2/c13-10-8(12(14)4-1-5-12)2-3-9-11(10)16-7-6-15-9/h2-3H,1,4-7,14H2. The van der Waals surface area contributed by atoms with Gasteiger partial charge in [0.1, 0.15) is 13.2 Å². The molecule has 0 aromatic heterocycles. The lowest BCUT2D eigenvalue weighted by molar-refractivity contribution is 0.168. The monoisotopic (exact) mass is 283 g/mol. The quantitative estimate of drug-likeness (QED) is 0.862. The first kappa shape index (κ1) is 10.4. The number of nitrogens with two attached hydrogens (primary N) is 1.